The van der Waals surface area contributed by atoms with E-state index in [2.05, 4.69) is 20.2 Å². The summed E-state index contributed by atoms with van der Waals surface area (Å²) in [5.41, 5.74) is 5.06. The predicted molar refractivity (Wildman–Crippen MR) is 163 cm³/mol. The van der Waals surface area contributed by atoms with Crippen LogP contribution in [-0.4, -0.2) is 70.6 Å². The monoisotopic (exact) mass is 596 g/mol. The van der Waals surface area contributed by atoms with Gasteiger partial charge in [0.15, 0.2) is 12.1 Å². The molecular weight excluding hydrogens is 560 g/mol. The zero-order valence-electron chi connectivity index (χ0n) is 24.4. The third-order valence-electron chi connectivity index (χ3n) is 8.63. The Labute approximate surface area is 255 Å². The molecule has 4 aromatic rings. The molecule has 1 spiro atoms. The first kappa shape index (κ1) is 29.0. The fraction of sp³-hybridized carbons (Fsp3) is 0.382. The molecule has 2 N–H and O–H groups in total. The summed E-state index contributed by atoms with van der Waals surface area (Å²) < 4.78 is 24.9. The van der Waals surface area contributed by atoms with Gasteiger partial charge in [-0.15, -0.1) is 0 Å². The second-order valence-electron chi connectivity index (χ2n) is 11.6. The van der Waals surface area contributed by atoms with Gasteiger partial charge in [-0.25, -0.2) is 4.98 Å². The van der Waals surface area contributed by atoms with Gasteiger partial charge in [0.1, 0.15) is 5.69 Å². The van der Waals surface area contributed by atoms with Crippen LogP contribution in [0.3, 0.4) is 0 Å². The number of likely N-dealkylation sites (tertiary alicyclic amines) is 1. The van der Waals surface area contributed by atoms with E-state index in [9.17, 15) is 9.90 Å². The van der Waals surface area contributed by atoms with Crippen LogP contribution in [0.25, 0.3) is 11.0 Å². The molecule has 0 radical (unpaired) electrons. The molecular formula is C34H36N4O6. The average Bonchev–Trinajstić information content (AvgIpc) is 3.53. The number of fused-ring (bicyclic) bond motifs is 1. The highest BCUT2D eigenvalue weighted by Gasteiger charge is 2.41. The summed E-state index contributed by atoms with van der Waals surface area (Å²) in [6, 6.07) is 22.9. The maximum absolute atomic E-state index is 12.9. The number of ether oxygens (including phenoxy) is 4. The Morgan fingerprint density at radius 1 is 0.909 bits per heavy atom. The highest BCUT2D eigenvalue weighted by molar-refractivity contribution is 6.03. The van der Waals surface area contributed by atoms with Crippen LogP contribution in [0.15, 0.2) is 79.0 Å². The summed E-state index contributed by atoms with van der Waals surface area (Å²) in [5, 5.41) is 12.4. The first-order valence-electron chi connectivity index (χ1n) is 15.2. The average molecular weight is 597 g/mol. The molecule has 0 aliphatic carbocycles. The Hall–Kier alpha value is -3.77. The van der Waals surface area contributed by atoms with Crippen molar-refractivity contribution in [1.82, 2.24) is 14.9 Å². The topological polar surface area (TPSA) is 115 Å². The van der Waals surface area contributed by atoms with Crippen molar-refractivity contribution in [2.45, 2.75) is 50.2 Å². The summed E-state index contributed by atoms with van der Waals surface area (Å²) in [6.07, 6.45) is 3.10. The van der Waals surface area contributed by atoms with Gasteiger partial charge >= 0.3 is 0 Å². The van der Waals surface area contributed by atoms with Crippen molar-refractivity contribution in [3.63, 3.8) is 0 Å². The highest BCUT2D eigenvalue weighted by atomic mass is 16.7. The number of rotatable bonds is 7. The van der Waals surface area contributed by atoms with Crippen LogP contribution in [0.4, 0.5) is 5.69 Å². The summed E-state index contributed by atoms with van der Waals surface area (Å²) in [4.78, 5) is 24.1. The molecule has 3 fully saturated rings. The molecule has 3 saturated heterocycles. The minimum absolute atomic E-state index is 0.000368. The lowest BCUT2D eigenvalue weighted by atomic mass is 9.98. The fourth-order valence-electron chi connectivity index (χ4n) is 6.17. The molecule has 0 unspecified atom stereocenters. The smallest absolute Gasteiger partial charge is 0.275 e. The van der Waals surface area contributed by atoms with Crippen molar-refractivity contribution in [2.75, 3.05) is 38.2 Å². The quantitative estimate of drug-likeness (QED) is 0.312. The van der Waals surface area contributed by atoms with Gasteiger partial charge in [-0.05, 0) is 35.4 Å². The summed E-state index contributed by atoms with van der Waals surface area (Å²) in [7, 11) is 0. The second-order valence-corrected chi connectivity index (χ2v) is 11.6. The van der Waals surface area contributed by atoms with Crippen molar-refractivity contribution >= 4 is 22.6 Å². The minimum atomic E-state index is -0.579. The van der Waals surface area contributed by atoms with Crippen LogP contribution in [0.2, 0.25) is 0 Å². The van der Waals surface area contributed by atoms with Crippen molar-refractivity contribution in [3.05, 3.63) is 101 Å². The molecule has 1 aromatic heterocycles. The predicted octanol–water partition coefficient (Wildman–Crippen LogP) is 4.76. The number of hydrogen-bond acceptors (Lipinski definition) is 9. The number of carbonyl (C=O) groups is 1. The van der Waals surface area contributed by atoms with Gasteiger partial charge in [0.25, 0.3) is 5.91 Å². The molecule has 4 heterocycles. The molecule has 10 heteroatoms. The van der Waals surface area contributed by atoms with Gasteiger partial charge < -0.3 is 34.3 Å². The lowest BCUT2D eigenvalue weighted by Gasteiger charge is -2.41. The lowest BCUT2D eigenvalue weighted by Crippen LogP contribution is -2.48. The van der Waals surface area contributed by atoms with E-state index in [1.54, 1.807) is 0 Å². The van der Waals surface area contributed by atoms with Crippen molar-refractivity contribution in [1.29, 1.82) is 0 Å². The Morgan fingerprint density at radius 3 is 2.34 bits per heavy atom. The number of carbonyl (C=O) groups excluding carboxylic acids is 1. The van der Waals surface area contributed by atoms with Gasteiger partial charge in [0, 0.05) is 50.1 Å². The van der Waals surface area contributed by atoms with Gasteiger partial charge in [0.05, 0.1) is 49.3 Å². The first-order valence-corrected chi connectivity index (χ1v) is 15.2. The molecule has 0 saturated carbocycles. The Kier molecular flexibility index (Phi) is 8.35. The van der Waals surface area contributed by atoms with Crippen LogP contribution >= 0.6 is 0 Å². The number of para-hydroxylation sites is 2. The van der Waals surface area contributed by atoms with Crippen molar-refractivity contribution < 1.29 is 28.8 Å². The summed E-state index contributed by atoms with van der Waals surface area (Å²) >= 11 is 0. The number of nitrogens with zero attached hydrogens (tertiary/aromatic N) is 3. The zero-order chi connectivity index (χ0) is 29.9. The van der Waals surface area contributed by atoms with E-state index >= 15 is 0 Å². The van der Waals surface area contributed by atoms with E-state index in [1.165, 1.54) is 6.20 Å². The normalized spacial score (nSPS) is 23.6. The molecule has 3 aliphatic heterocycles. The summed E-state index contributed by atoms with van der Waals surface area (Å²) in [5.74, 6) is -0.741. The molecule has 44 heavy (non-hydrogen) atoms. The Bertz CT molecular complexity index is 1580. The number of amides is 1. The zero-order valence-corrected chi connectivity index (χ0v) is 24.4. The molecule has 228 valence electrons. The summed E-state index contributed by atoms with van der Waals surface area (Å²) in [6.45, 7) is 3.89. The van der Waals surface area contributed by atoms with Gasteiger partial charge in [0.2, 0.25) is 0 Å². The van der Waals surface area contributed by atoms with Gasteiger partial charge in [-0.2, -0.15) is 0 Å². The Morgan fingerprint density at radius 2 is 1.61 bits per heavy atom. The van der Waals surface area contributed by atoms with Gasteiger partial charge in [-0.3, -0.25) is 9.78 Å². The van der Waals surface area contributed by atoms with Crippen molar-refractivity contribution in [2.24, 2.45) is 0 Å². The number of hydrogen-bond donors (Lipinski definition) is 2. The molecule has 0 bridgehead atoms. The van der Waals surface area contributed by atoms with Crippen LogP contribution in [0, 0.1) is 0 Å². The van der Waals surface area contributed by atoms with E-state index in [0.29, 0.717) is 30.8 Å². The van der Waals surface area contributed by atoms with Gasteiger partial charge in [-0.1, -0.05) is 48.5 Å². The molecule has 1 amide bonds. The molecule has 3 aliphatic rings. The lowest BCUT2D eigenvalue weighted by molar-refractivity contribution is -0.255. The third kappa shape index (κ3) is 6.37. The van der Waals surface area contributed by atoms with Crippen molar-refractivity contribution in [3.8, 4) is 0 Å². The molecule has 7 rings (SSSR count). The number of benzene rings is 3. The van der Waals surface area contributed by atoms with E-state index in [0.717, 1.165) is 54.7 Å². The van der Waals surface area contributed by atoms with E-state index in [1.807, 2.05) is 72.8 Å². The number of aliphatic hydroxyl groups excluding tert-OH is 1. The standard InChI is InChI=1S/C34H36N4O6/c39-22-23-5-7-24(8-6-23)31-19-27(21-38-15-13-34(14-16-38)41-17-18-42-34)43-33(44-31)25-9-11-26(12-10-25)36-32(40)30-20-35-28-3-1-2-4-29(28)37-30/h1-12,20,27,31,33,39H,13-19,21-22H2,(H,36,40)/t27-,31+,33+/m1/s1. The fourth-order valence-corrected chi connectivity index (χ4v) is 6.17. The van der Waals surface area contributed by atoms with E-state index in [-0.39, 0.29) is 30.4 Å². The number of aliphatic hydroxyl groups is 1. The molecule has 3 aromatic carbocycles. The number of nitrogens with one attached hydrogen (secondary N) is 1. The third-order valence-corrected chi connectivity index (χ3v) is 8.63. The van der Waals surface area contributed by atoms with E-state index < -0.39 is 12.1 Å². The first-order chi connectivity index (χ1) is 21.6. The molecule has 3 atom stereocenters. The molecule has 10 nitrogen and oxygen atoms in total. The maximum atomic E-state index is 12.9. The Balaban J connectivity index is 1.04. The SMILES string of the molecule is O=C(Nc1ccc([C@H]2O[C@@H](CN3CCC4(CC3)OCCO4)C[C@@H](c3ccc(CO)cc3)O2)cc1)c1cnc2ccccc2n1. The van der Waals surface area contributed by atoms with Crippen LogP contribution in [0.1, 0.15) is 58.8 Å². The van der Waals surface area contributed by atoms with E-state index in [4.69, 9.17) is 18.9 Å². The number of aromatic nitrogens is 2. The second kappa shape index (κ2) is 12.7. The number of anilines is 1. The minimum Gasteiger partial charge on any atom is -0.392 e. The largest absolute Gasteiger partial charge is 0.392 e. The van der Waals surface area contributed by atoms with Crippen LogP contribution in [-0.2, 0) is 25.6 Å². The highest BCUT2D eigenvalue weighted by Crippen LogP contribution is 2.39. The van der Waals surface area contributed by atoms with Crippen LogP contribution in [0.5, 0.6) is 0 Å². The number of piperidine rings is 1. The van der Waals surface area contributed by atoms with Crippen LogP contribution < -0.4 is 5.32 Å². The maximum Gasteiger partial charge on any atom is 0.275 e.